The number of carbonyl (C=O) groups excluding carboxylic acids is 1. The molecule has 0 spiro atoms. The molecule has 128 valence electrons. The van der Waals surface area contributed by atoms with Crippen molar-refractivity contribution in [3.63, 3.8) is 0 Å². The Morgan fingerprint density at radius 1 is 1.04 bits per heavy atom. The maximum Gasteiger partial charge on any atom is 0.230 e. The second-order valence-corrected chi connectivity index (χ2v) is 6.28. The number of nitrogens with zero attached hydrogens (tertiary/aromatic N) is 1. The van der Waals surface area contributed by atoms with Crippen LogP contribution in [0, 0.1) is 6.92 Å². The Bertz CT molecular complexity index is 1210. The Morgan fingerprint density at radius 2 is 1.81 bits per heavy atom. The number of aryl methyl sites for hydroxylation is 2. The SMILES string of the molecule is CCc1ccc2oc3nc(C)c(C(=O)c4ccccc4)cc3c(=O)c2c1. The third kappa shape index (κ3) is 2.60. The van der Waals surface area contributed by atoms with Gasteiger partial charge in [-0.05, 0) is 37.1 Å². The number of pyridine rings is 1. The van der Waals surface area contributed by atoms with Crippen LogP contribution in [0.3, 0.4) is 0 Å². The average Bonchev–Trinajstić information content (AvgIpc) is 2.68. The first-order valence-electron chi connectivity index (χ1n) is 8.55. The third-order valence-electron chi connectivity index (χ3n) is 4.61. The van der Waals surface area contributed by atoms with Gasteiger partial charge in [0.25, 0.3) is 0 Å². The highest BCUT2D eigenvalue weighted by molar-refractivity contribution is 6.11. The fraction of sp³-hybridized carbons (Fsp3) is 0.136. The molecule has 4 nitrogen and oxygen atoms in total. The predicted molar refractivity (Wildman–Crippen MR) is 102 cm³/mol. The van der Waals surface area contributed by atoms with Crippen molar-refractivity contribution >= 4 is 27.9 Å². The van der Waals surface area contributed by atoms with E-state index in [1.807, 2.05) is 37.3 Å². The molecule has 2 heterocycles. The van der Waals surface area contributed by atoms with Crippen molar-refractivity contribution in [2.75, 3.05) is 0 Å². The van der Waals surface area contributed by atoms with Crippen molar-refractivity contribution in [3.8, 4) is 0 Å². The van der Waals surface area contributed by atoms with Crippen molar-refractivity contribution in [2.24, 2.45) is 0 Å². The molecule has 0 radical (unpaired) electrons. The standard InChI is InChI=1S/C22H17NO3/c1-3-14-9-10-19-17(11-14)21(25)18-12-16(13(2)23-22(18)26-19)20(24)15-7-5-4-6-8-15/h4-12H,3H2,1-2H3. The summed E-state index contributed by atoms with van der Waals surface area (Å²) in [6.07, 6.45) is 0.831. The van der Waals surface area contributed by atoms with Gasteiger partial charge in [0.2, 0.25) is 11.1 Å². The summed E-state index contributed by atoms with van der Waals surface area (Å²) in [5.41, 5.74) is 3.19. The molecular weight excluding hydrogens is 326 g/mol. The van der Waals surface area contributed by atoms with Gasteiger partial charge in [-0.3, -0.25) is 9.59 Å². The van der Waals surface area contributed by atoms with Crippen LogP contribution in [0.25, 0.3) is 22.1 Å². The van der Waals surface area contributed by atoms with E-state index in [2.05, 4.69) is 4.98 Å². The van der Waals surface area contributed by atoms with Crippen LogP contribution in [0.5, 0.6) is 0 Å². The molecule has 2 aromatic heterocycles. The number of carbonyl (C=O) groups is 1. The summed E-state index contributed by atoms with van der Waals surface area (Å²) in [7, 11) is 0. The maximum absolute atomic E-state index is 13.0. The lowest BCUT2D eigenvalue weighted by molar-refractivity contribution is 0.103. The molecule has 4 heteroatoms. The largest absolute Gasteiger partial charge is 0.437 e. The van der Waals surface area contributed by atoms with Crippen LogP contribution in [0.4, 0.5) is 0 Å². The van der Waals surface area contributed by atoms with Crippen LogP contribution >= 0.6 is 0 Å². The summed E-state index contributed by atoms with van der Waals surface area (Å²) in [5, 5.41) is 0.844. The van der Waals surface area contributed by atoms with Crippen molar-refractivity contribution in [1.29, 1.82) is 0 Å². The topological polar surface area (TPSA) is 60.2 Å². The summed E-state index contributed by atoms with van der Waals surface area (Å²) < 4.78 is 5.83. The van der Waals surface area contributed by atoms with E-state index in [-0.39, 0.29) is 16.9 Å². The van der Waals surface area contributed by atoms with Gasteiger partial charge in [-0.2, -0.15) is 0 Å². The zero-order valence-electron chi connectivity index (χ0n) is 14.6. The molecule has 26 heavy (non-hydrogen) atoms. The van der Waals surface area contributed by atoms with E-state index in [1.54, 1.807) is 31.2 Å². The Hall–Kier alpha value is -3.27. The predicted octanol–water partition coefficient (Wildman–Crippen LogP) is 4.44. The lowest BCUT2D eigenvalue weighted by Crippen LogP contribution is -2.09. The molecule has 0 amide bonds. The smallest absolute Gasteiger partial charge is 0.230 e. The molecule has 0 atom stereocenters. The summed E-state index contributed by atoms with van der Waals surface area (Å²) in [5.74, 6) is -0.153. The lowest BCUT2D eigenvalue weighted by Gasteiger charge is -2.08. The number of hydrogen-bond donors (Lipinski definition) is 0. The number of hydrogen-bond acceptors (Lipinski definition) is 4. The van der Waals surface area contributed by atoms with Crippen LogP contribution in [0.2, 0.25) is 0 Å². The van der Waals surface area contributed by atoms with Gasteiger partial charge in [0.15, 0.2) is 5.78 Å². The Morgan fingerprint density at radius 3 is 2.54 bits per heavy atom. The van der Waals surface area contributed by atoms with Crippen molar-refractivity contribution in [2.45, 2.75) is 20.3 Å². The number of ketones is 1. The van der Waals surface area contributed by atoms with E-state index in [9.17, 15) is 9.59 Å². The molecule has 0 aliphatic carbocycles. The van der Waals surface area contributed by atoms with Crippen LogP contribution in [0.15, 0.2) is 63.8 Å². The van der Waals surface area contributed by atoms with Gasteiger partial charge in [-0.1, -0.05) is 43.3 Å². The van der Waals surface area contributed by atoms with E-state index < -0.39 is 0 Å². The normalized spacial score (nSPS) is 11.2. The number of aromatic nitrogens is 1. The van der Waals surface area contributed by atoms with Crippen LogP contribution < -0.4 is 5.43 Å². The number of benzene rings is 2. The average molecular weight is 343 g/mol. The van der Waals surface area contributed by atoms with Crippen molar-refractivity contribution < 1.29 is 9.21 Å². The highest BCUT2D eigenvalue weighted by atomic mass is 16.3. The molecule has 0 bridgehead atoms. The summed E-state index contributed by atoms with van der Waals surface area (Å²) in [6, 6.07) is 16.2. The van der Waals surface area contributed by atoms with Gasteiger partial charge >= 0.3 is 0 Å². The second-order valence-electron chi connectivity index (χ2n) is 6.28. The quantitative estimate of drug-likeness (QED) is 0.407. The second kappa shape index (κ2) is 6.23. The maximum atomic E-state index is 13.0. The van der Waals surface area contributed by atoms with Gasteiger partial charge in [0, 0.05) is 11.1 Å². The van der Waals surface area contributed by atoms with Crippen LogP contribution in [-0.2, 0) is 6.42 Å². The van der Waals surface area contributed by atoms with E-state index in [1.165, 1.54) is 0 Å². The molecule has 4 aromatic rings. The molecule has 0 saturated carbocycles. The minimum absolute atomic E-state index is 0.153. The van der Waals surface area contributed by atoms with Gasteiger partial charge < -0.3 is 4.42 Å². The Balaban J connectivity index is 1.98. The molecule has 0 aliphatic heterocycles. The van der Waals surface area contributed by atoms with Gasteiger partial charge in [-0.25, -0.2) is 4.98 Å². The highest BCUT2D eigenvalue weighted by Crippen LogP contribution is 2.22. The van der Waals surface area contributed by atoms with Gasteiger partial charge in [0.1, 0.15) is 5.58 Å². The molecule has 4 rings (SSSR count). The molecule has 0 N–H and O–H groups in total. The van der Waals surface area contributed by atoms with Gasteiger partial charge in [0.05, 0.1) is 16.5 Å². The monoisotopic (exact) mass is 343 g/mol. The Labute approximate surface area is 150 Å². The fourth-order valence-electron chi connectivity index (χ4n) is 3.11. The van der Waals surface area contributed by atoms with E-state index in [0.717, 1.165) is 12.0 Å². The van der Waals surface area contributed by atoms with E-state index >= 15 is 0 Å². The molecule has 2 aromatic carbocycles. The van der Waals surface area contributed by atoms with Crippen molar-refractivity contribution in [3.05, 3.63) is 87.2 Å². The number of fused-ring (bicyclic) bond motifs is 2. The first kappa shape index (κ1) is 16.2. The molecule has 0 fully saturated rings. The minimum atomic E-state index is -0.161. The lowest BCUT2D eigenvalue weighted by atomic mass is 10.0. The Kier molecular flexibility index (Phi) is 3.88. The van der Waals surface area contributed by atoms with Gasteiger partial charge in [-0.15, -0.1) is 0 Å². The summed E-state index contributed by atoms with van der Waals surface area (Å²) in [4.78, 5) is 30.2. The first-order chi connectivity index (χ1) is 12.6. The molecule has 0 unspecified atom stereocenters. The number of rotatable bonds is 3. The highest BCUT2D eigenvalue weighted by Gasteiger charge is 2.17. The van der Waals surface area contributed by atoms with Crippen LogP contribution in [0.1, 0.15) is 34.1 Å². The van der Waals surface area contributed by atoms with Crippen molar-refractivity contribution in [1.82, 2.24) is 4.98 Å². The van der Waals surface area contributed by atoms with Crippen LogP contribution in [-0.4, -0.2) is 10.8 Å². The minimum Gasteiger partial charge on any atom is -0.437 e. The summed E-state index contributed by atoms with van der Waals surface area (Å²) >= 11 is 0. The summed E-state index contributed by atoms with van der Waals surface area (Å²) in [6.45, 7) is 3.78. The molecule has 0 saturated heterocycles. The fourth-order valence-corrected chi connectivity index (χ4v) is 3.11. The van der Waals surface area contributed by atoms with E-state index in [0.29, 0.717) is 33.2 Å². The first-order valence-corrected chi connectivity index (χ1v) is 8.55. The third-order valence-corrected chi connectivity index (χ3v) is 4.61. The van der Waals surface area contributed by atoms with E-state index in [4.69, 9.17) is 4.42 Å². The zero-order chi connectivity index (χ0) is 18.3. The molecule has 0 aliphatic rings. The zero-order valence-corrected chi connectivity index (χ0v) is 14.6. The molecular formula is C22H17NO3.